The molecule has 16 nitrogen and oxygen atoms in total. The van der Waals surface area contributed by atoms with Crippen molar-refractivity contribution in [2.45, 2.75) is 57.6 Å². The van der Waals surface area contributed by atoms with Crippen molar-refractivity contribution in [3.63, 3.8) is 0 Å². The molecule has 1 atom stereocenters. The molecular weight excluding hydrogens is 632 g/mol. The van der Waals surface area contributed by atoms with Gasteiger partial charge in [0.25, 0.3) is 5.91 Å². The lowest BCUT2D eigenvalue weighted by Crippen LogP contribution is -2.36. The predicted molar refractivity (Wildman–Crippen MR) is 186 cm³/mol. The van der Waals surface area contributed by atoms with E-state index in [1.807, 2.05) is 30.2 Å². The molecule has 3 aromatic rings. The molecule has 264 valence electrons. The molecular formula is C33H46N10O6. The van der Waals surface area contributed by atoms with Gasteiger partial charge >= 0.3 is 12.1 Å². The Bertz CT molecular complexity index is 1590. The Morgan fingerprint density at radius 3 is 2.51 bits per heavy atom. The number of amides is 3. The first-order valence-corrected chi connectivity index (χ1v) is 16.1. The summed E-state index contributed by atoms with van der Waals surface area (Å²) in [5, 5.41) is 11.3. The standard InChI is InChI=1S/C19H22N8O3.C14H24N2O3/c1-27(10-12-9-23-17-15(24-12)16(20)25-19(21)26-17)13-6-4-11(5-7-13)18(30)22-8-2-3-14(28)29;1-15(12-17)10-11-16(2)14(18)19-13-8-6-4-3-5-7-9-13/h4-7,9H,2-3,8,10H2,1H3,(H,22,30)(H,28,29)(H4,20,21,23,25,26);6,8,12-13H,3-5,7,9-11H2,1-2H3/b;8-6+. The quantitative estimate of drug-likeness (QED) is 0.116. The molecule has 2 aromatic heterocycles. The van der Waals surface area contributed by atoms with E-state index in [1.54, 1.807) is 32.4 Å². The van der Waals surface area contributed by atoms with Gasteiger partial charge in [-0.3, -0.25) is 14.4 Å². The minimum Gasteiger partial charge on any atom is -0.481 e. The Hall–Kier alpha value is -5.54. The van der Waals surface area contributed by atoms with Crippen molar-refractivity contribution in [3.8, 4) is 0 Å². The molecule has 0 saturated carbocycles. The van der Waals surface area contributed by atoms with Crippen molar-refractivity contribution in [1.29, 1.82) is 0 Å². The fraction of sp³-hybridized carbons (Fsp3) is 0.455. The number of rotatable bonds is 13. The van der Waals surface area contributed by atoms with Crippen molar-refractivity contribution >= 4 is 53.0 Å². The first kappa shape index (κ1) is 37.9. The highest BCUT2D eigenvalue weighted by Gasteiger charge is 2.16. The lowest BCUT2D eigenvalue weighted by atomic mass is 10.0. The number of allylic oxidation sites excluding steroid dienone is 1. The maximum Gasteiger partial charge on any atom is 0.410 e. The van der Waals surface area contributed by atoms with Gasteiger partial charge in [0, 0.05) is 58.4 Å². The predicted octanol–water partition coefficient (Wildman–Crippen LogP) is 2.85. The number of carbonyl (C=O) groups excluding carboxylic acids is 3. The molecule has 0 aliphatic heterocycles. The number of carboxylic acid groups (broad SMARTS) is 1. The number of hydrogen-bond donors (Lipinski definition) is 4. The van der Waals surface area contributed by atoms with Gasteiger partial charge in [-0.2, -0.15) is 9.97 Å². The molecule has 1 unspecified atom stereocenters. The van der Waals surface area contributed by atoms with Crippen LogP contribution >= 0.6 is 0 Å². The Morgan fingerprint density at radius 1 is 1.04 bits per heavy atom. The van der Waals surface area contributed by atoms with Crippen LogP contribution in [0.15, 0.2) is 42.6 Å². The highest BCUT2D eigenvalue weighted by Crippen LogP contribution is 2.19. The van der Waals surface area contributed by atoms with Crippen LogP contribution in [-0.2, 0) is 20.9 Å². The number of fused-ring (bicyclic) bond motifs is 1. The summed E-state index contributed by atoms with van der Waals surface area (Å²) in [6.45, 7) is 1.75. The molecule has 2 heterocycles. The number of nitrogen functional groups attached to an aromatic ring is 2. The monoisotopic (exact) mass is 678 g/mol. The number of nitrogens with one attached hydrogen (secondary N) is 1. The molecule has 1 aromatic carbocycles. The summed E-state index contributed by atoms with van der Waals surface area (Å²) in [6.07, 6.45) is 11.9. The lowest BCUT2D eigenvalue weighted by Gasteiger charge is -2.23. The van der Waals surface area contributed by atoms with Crippen molar-refractivity contribution in [1.82, 2.24) is 35.1 Å². The Kier molecular flexibility index (Phi) is 15.0. The number of nitrogens with zero attached hydrogens (tertiary/aromatic N) is 7. The summed E-state index contributed by atoms with van der Waals surface area (Å²) in [5.41, 5.74) is 14.2. The van der Waals surface area contributed by atoms with Crippen LogP contribution < -0.4 is 21.7 Å². The van der Waals surface area contributed by atoms with Gasteiger partial charge in [-0.05, 0) is 62.4 Å². The van der Waals surface area contributed by atoms with Crippen LogP contribution in [0.5, 0.6) is 0 Å². The zero-order chi connectivity index (χ0) is 35.8. The summed E-state index contributed by atoms with van der Waals surface area (Å²) in [7, 11) is 5.26. The Labute approximate surface area is 285 Å². The third-order valence-electron chi connectivity index (χ3n) is 7.57. The molecule has 6 N–H and O–H groups in total. The molecule has 0 bridgehead atoms. The minimum absolute atomic E-state index is 0.0207. The van der Waals surface area contributed by atoms with Crippen molar-refractivity contribution in [2.24, 2.45) is 0 Å². The smallest absolute Gasteiger partial charge is 0.410 e. The van der Waals surface area contributed by atoms with E-state index in [-0.39, 0.29) is 36.3 Å². The Balaban J connectivity index is 0.000000295. The second-order valence-corrected chi connectivity index (χ2v) is 11.7. The highest BCUT2D eigenvalue weighted by molar-refractivity contribution is 5.94. The van der Waals surface area contributed by atoms with E-state index in [4.69, 9.17) is 21.3 Å². The van der Waals surface area contributed by atoms with Crippen LogP contribution in [0, 0.1) is 0 Å². The number of carbonyl (C=O) groups is 4. The third-order valence-corrected chi connectivity index (χ3v) is 7.57. The SMILES string of the molecule is CN(C=O)CCN(C)C(=O)OC1/C=C/CCCCC1.CN(Cc1cnc2nc(N)nc(N)c2n1)c1ccc(C(=O)NCCCC(=O)O)cc1. The molecule has 0 spiro atoms. The second-order valence-electron chi connectivity index (χ2n) is 11.7. The van der Waals surface area contributed by atoms with Crippen LogP contribution in [0.25, 0.3) is 11.2 Å². The maximum atomic E-state index is 12.1. The number of likely N-dealkylation sites (N-methyl/N-ethyl adjacent to an activating group) is 2. The van der Waals surface area contributed by atoms with Gasteiger partial charge in [0.2, 0.25) is 12.4 Å². The largest absolute Gasteiger partial charge is 0.481 e. The summed E-state index contributed by atoms with van der Waals surface area (Å²) in [6, 6.07) is 7.05. The van der Waals surface area contributed by atoms with Crippen LogP contribution in [-0.4, -0.2) is 106 Å². The minimum atomic E-state index is -0.882. The van der Waals surface area contributed by atoms with Gasteiger partial charge in [0.15, 0.2) is 17.0 Å². The number of benzene rings is 1. The third kappa shape index (κ3) is 12.9. The number of aromatic nitrogens is 4. The number of carboxylic acids is 1. The number of ether oxygens (including phenoxy) is 1. The van der Waals surface area contributed by atoms with E-state index >= 15 is 0 Å². The summed E-state index contributed by atoms with van der Waals surface area (Å²) in [4.78, 5) is 66.5. The van der Waals surface area contributed by atoms with E-state index in [9.17, 15) is 19.2 Å². The first-order valence-electron chi connectivity index (χ1n) is 16.1. The number of hydrogen-bond acceptors (Lipinski definition) is 12. The molecule has 0 fully saturated rings. The molecule has 3 amide bonds. The number of aliphatic carboxylic acids is 1. The molecule has 49 heavy (non-hydrogen) atoms. The van der Waals surface area contributed by atoms with Gasteiger partial charge in [0.05, 0.1) is 18.4 Å². The Morgan fingerprint density at radius 2 is 1.80 bits per heavy atom. The van der Waals surface area contributed by atoms with Gasteiger partial charge in [-0.1, -0.05) is 12.5 Å². The van der Waals surface area contributed by atoms with Gasteiger partial charge in [-0.15, -0.1) is 0 Å². The molecule has 16 heteroatoms. The lowest BCUT2D eigenvalue weighted by molar-refractivity contribution is -0.137. The van der Waals surface area contributed by atoms with Gasteiger partial charge in [-0.25, -0.2) is 14.8 Å². The molecule has 0 radical (unpaired) electrons. The van der Waals surface area contributed by atoms with Crippen molar-refractivity contribution < 1.29 is 29.0 Å². The number of anilines is 3. The average molecular weight is 679 g/mol. The first-order chi connectivity index (χ1) is 23.5. The van der Waals surface area contributed by atoms with E-state index in [2.05, 4.69) is 31.3 Å². The van der Waals surface area contributed by atoms with E-state index < -0.39 is 5.97 Å². The molecule has 4 rings (SSSR count). The average Bonchev–Trinajstić information content (AvgIpc) is 3.06. The maximum absolute atomic E-state index is 12.1. The highest BCUT2D eigenvalue weighted by atomic mass is 16.6. The number of nitrogens with two attached hydrogens (primary N) is 2. The molecule has 0 saturated heterocycles. The van der Waals surface area contributed by atoms with Crippen LogP contribution in [0.2, 0.25) is 0 Å². The van der Waals surface area contributed by atoms with Crippen LogP contribution in [0.3, 0.4) is 0 Å². The van der Waals surface area contributed by atoms with E-state index in [1.165, 1.54) is 22.6 Å². The zero-order valence-electron chi connectivity index (χ0n) is 28.2. The van der Waals surface area contributed by atoms with E-state index in [0.29, 0.717) is 55.0 Å². The topological polar surface area (TPSA) is 223 Å². The molecule has 1 aliphatic rings. The second kappa shape index (κ2) is 19.3. The normalized spacial score (nSPS) is 14.6. The molecule has 1 aliphatic carbocycles. The fourth-order valence-electron chi connectivity index (χ4n) is 4.70. The van der Waals surface area contributed by atoms with E-state index in [0.717, 1.165) is 31.4 Å². The van der Waals surface area contributed by atoms with Gasteiger partial charge < -0.3 is 41.3 Å². The zero-order valence-corrected chi connectivity index (χ0v) is 28.2. The summed E-state index contributed by atoms with van der Waals surface area (Å²) < 4.78 is 5.45. The van der Waals surface area contributed by atoms with Crippen molar-refractivity contribution in [3.05, 3.63) is 53.9 Å². The summed E-state index contributed by atoms with van der Waals surface area (Å²) in [5.74, 6) is -0.907. The van der Waals surface area contributed by atoms with Crippen LogP contribution in [0.1, 0.15) is 61.0 Å². The van der Waals surface area contributed by atoms with Gasteiger partial charge in [0.1, 0.15) is 6.10 Å². The fourth-order valence-corrected chi connectivity index (χ4v) is 4.70. The van der Waals surface area contributed by atoms with Crippen LogP contribution in [0.4, 0.5) is 22.2 Å². The summed E-state index contributed by atoms with van der Waals surface area (Å²) >= 11 is 0. The van der Waals surface area contributed by atoms with Crippen molar-refractivity contribution in [2.75, 3.05) is 57.1 Å².